The van der Waals surface area contributed by atoms with Crippen molar-refractivity contribution >= 4 is 18.0 Å². The molecule has 0 aromatic heterocycles. The number of carbonyl (C=O) groups is 3. The number of ether oxygens (including phenoxy) is 1. The van der Waals surface area contributed by atoms with Crippen LogP contribution in [-0.2, 0) is 22.5 Å². The number of aromatic carboxylic acids is 1. The van der Waals surface area contributed by atoms with E-state index in [-0.39, 0.29) is 18.1 Å². The summed E-state index contributed by atoms with van der Waals surface area (Å²) in [6, 6.07) is 4.56. The lowest BCUT2D eigenvalue weighted by Gasteiger charge is -2.29. The van der Waals surface area contributed by atoms with E-state index in [0.29, 0.717) is 19.5 Å². The molecule has 1 aliphatic rings. The second-order valence-electron chi connectivity index (χ2n) is 4.70. The lowest BCUT2D eigenvalue weighted by atomic mass is 9.97. The van der Waals surface area contributed by atoms with Crippen molar-refractivity contribution in [3.05, 3.63) is 34.9 Å². The predicted octanol–water partition coefficient (Wildman–Crippen LogP) is 0.625. The van der Waals surface area contributed by atoms with E-state index in [1.54, 1.807) is 18.2 Å². The SMILES string of the molecule is COC(=O)CNC(=O)N1CCc2ccc(C(=O)O)cc2C1. The van der Waals surface area contributed by atoms with Gasteiger partial charge in [0.1, 0.15) is 6.54 Å². The van der Waals surface area contributed by atoms with Gasteiger partial charge in [0, 0.05) is 13.1 Å². The summed E-state index contributed by atoms with van der Waals surface area (Å²) in [4.78, 5) is 35.4. The van der Waals surface area contributed by atoms with Gasteiger partial charge in [-0.1, -0.05) is 6.07 Å². The van der Waals surface area contributed by atoms with E-state index in [4.69, 9.17) is 5.11 Å². The largest absolute Gasteiger partial charge is 0.478 e. The van der Waals surface area contributed by atoms with Crippen molar-refractivity contribution in [2.24, 2.45) is 0 Å². The lowest BCUT2D eigenvalue weighted by Crippen LogP contribution is -2.44. The summed E-state index contributed by atoms with van der Waals surface area (Å²) in [5.74, 6) is -1.51. The quantitative estimate of drug-likeness (QED) is 0.796. The minimum atomic E-state index is -0.995. The molecule has 21 heavy (non-hydrogen) atoms. The van der Waals surface area contributed by atoms with Crippen molar-refractivity contribution in [1.82, 2.24) is 10.2 Å². The molecule has 1 heterocycles. The zero-order valence-electron chi connectivity index (χ0n) is 11.6. The predicted molar refractivity (Wildman–Crippen MR) is 72.9 cm³/mol. The van der Waals surface area contributed by atoms with Crippen molar-refractivity contribution in [3.63, 3.8) is 0 Å². The first-order valence-corrected chi connectivity index (χ1v) is 6.46. The summed E-state index contributed by atoms with van der Waals surface area (Å²) in [6.45, 7) is 0.656. The Labute approximate surface area is 121 Å². The summed E-state index contributed by atoms with van der Waals surface area (Å²) in [6.07, 6.45) is 0.654. The van der Waals surface area contributed by atoms with Gasteiger partial charge in [-0.3, -0.25) is 4.79 Å². The van der Waals surface area contributed by atoms with Crippen molar-refractivity contribution in [3.8, 4) is 0 Å². The van der Waals surface area contributed by atoms with Crippen LogP contribution in [0.25, 0.3) is 0 Å². The topological polar surface area (TPSA) is 95.9 Å². The van der Waals surface area contributed by atoms with Crippen molar-refractivity contribution in [2.45, 2.75) is 13.0 Å². The summed E-state index contributed by atoms with van der Waals surface area (Å²) in [7, 11) is 1.25. The first kappa shape index (κ1) is 14.8. The number of amides is 2. The fraction of sp³-hybridized carbons (Fsp3) is 0.357. The third-order valence-corrected chi connectivity index (χ3v) is 3.36. The van der Waals surface area contributed by atoms with Crippen molar-refractivity contribution in [2.75, 3.05) is 20.2 Å². The highest BCUT2D eigenvalue weighted by Crippen LogP contribution is 2.20. The van der Waals surface area contributed by atoms with E-state index < -0.39 is 11.9 Å². The van der Waals surface area contributed by atoms with E-state index in [2.05, 4.69) is 10.1 Å². The Balaban J connectivity index is 2.04. The Hall–Kier alpha value is -2.57. The van der Waals surface area contributed by atoms with Crippen LogP contribution in [0.15, 0.2) is 18.2 Å². The minimum Gasteiger partial charge on any atom is -0.478 e. The monoisotopic (exact) mass is 292 g/mol. The molecule has 7 nitrogen and oxygen atoms in total. The molecule has 1 aromatic carbocycles. The number of carboxylic acid groups (broad SMARTS) is 1. The zero-order chi connectivity index (χ0) is 15.4. The minimum absolute atomic E-state index is 0.187. The molecule has 1 aromatic rings. The average Bonchev–Trinajstić information content (AvgIpc) is 2.50. The van der Waals surface area contributed by atoms with Crippen LogP contribution in [0.4, 0.5) is 4.79 Å². The zero-order valence-corrected chi connectivity index (χ0v) is 11.6. The van der Waals surface area contributed by atoms with Gasteiger partial charge in [-0.2, -0.15) is 0 Å². The van der Waals surface area contributed by atoms with Gasteiger partial charge >= 0.3 is 18.0 Å². The number of fused-ring (bicyclic) bond motifs is 1. The van der Waals surface area contributed by atoms with E-state index in [1.165, 1.54) is 12.0 Å². The molecular formula is C14H16N2O5. The molecule has 0 atom stereocenters. The van der Waals surface area contributed by atoms with E-state index >= 15 is 0 Å². The third kappa shape index (κ3) is 3.50. The first-order chi connectivity index (χ1) is 10.0. The smallest absolute Gasteiger partial charge is 0.335 e. The number of esters is 1. The van der Waals surface area contributed by atoms with Crippen LogP contribution in [-0.4, -0.2) is 48.2 Å². The number of urea groups is 1. The normalized spacial score (nSPS) is 13.3. The summed E-state index contributed by atoms with van der Waals surface area (Å²) in [5, 5.41) is 11.5. The molecule has 112 valence electrons. The number of hydrogen-bond acceptors (Lipinski definition) is 4. The maximum Gasteiger partial charge on any atom is 0.335 e. The molecule has 2 amide bonds. The maximum absolute atomic E-state index is 11.9. The second kappa shape index (κ2) is 6.25. The van der Waals surface area contributed by atoms with Crippen LogP contribution in [0, 0.1) is 0 Å². The highest BCUT2D eigenvalue weighted by Gasteiger charge is 2.22. The molecule has 0 fully saturated rings. The Morgan fingerprint density at radius 2 is 2.10 bits per heavy atom. The fourth-order valence-corrected chi connectivity index (χ4v) is 2.20. The number of hydrogen-bond donors (Lipinski definition) is 2. The molecule has 0 unspecified atom stereocenters. The highest BCUT2D eigenvalue weighted by molar-refractivity contribution is 5.88. The van der Waals surface area contributed by atoms with Gasteiger partial charge < -0.3 is 20.1 Å². The van der Waals surface area contributed by atoms with E-state index in [1.807, 2.05) is 0 Å². The first-order valence-electron chi connectivity index (χ1n) is 6.46. The number of benzene rings is 1. The standard InChI is InChI=1S/C14H16N2O5/c1-21-12(17)7-15-14(20)16-5-4-9-2-3-10(13(18)19)6-11(9)8-16/h2-3,6H,4-5,7-8H2,1H3,(H,15,20)(H,18,19). The Morgan fingerprint density at radius 1 is 1.33 bits per heavy atom. The summed E-state index contributed by atoms with van der Waals surface area (Å²) >= 11 is 0. The average molecular weight is 292 g/mol. The van der Waals surface area contributed by atoms with E-state index in [0.717, 1.165) is 11.1 Å². The number of rotatable bonds is 3. The van der Waals surface area contributed by atoms with Gasteiger partial charge in [0.15, 0.2) is 0 Å². The van der Waals surface area contributed by atoms with Crippen LogP contribution in [0.3, 0.4) is 0 Å². The molecule has 0 radical (unpaired) electrons. The number of nitrogens with zero attached hydrogens (tertiary/aromatic N) is 1. The van der Waals surface area contributed by atoms with Gasteiger partial charge in [0.25, 0.3) is 0 Å². The molecule has 0 spiro atoms. The van der Waals surface area contributed by atoms with Gasteiger partial charge in [0.05, 0.1) is 12.7 Å². The van der Waals surface area contributed by atoms with Crippen LogP contribution in [0.2, 0.25) is 0 Å². The third-order valence-electron chi connectivity index (χ3n) is 3.36. The van der Waals surface area contributed by atoms with Crippen molar-refractivity contribution in [1.29, 1.82) is 0 Å². The molecule has 0 saturated heterocycles. The fourth-order valence-electron chi connectivity index (χ4n) is 2.20. The van der Waals surface area contributed by atoms with Gasteiger partial charge in [-0.15, -0.1) is 0 Å². The Kier molecular flexibility index (Phi) is 4.42. The molecule has 0 aliphatic carbocycles. The molecule has 0 saturated carbocycles. The van der Waals surface area contributed by atoms with Crippen LogP contribution >= 0.6 is 0 Å². The van der Waals surface area contributed by atoms with Crippen LogP contribution < -0.4 is 5.32 Å². The highest BCUT2D eigenvalue weighted by atomic mass is 16.5. The molecule has 0 bridgehead atoms. The molecule has 2 rings (SSSR count). The maximum atomic E-state index is 11.9. The number of methoxy groups -OCH3 is 1. The van der Waals surface area contributed by atoms with Crippen LogP contribution in [0.5, 0.6) is 0 Å². The molecule has 2 N–H and O–H groups in total. The van der Waals surface area contributed by atoms with Gasteiger partial charge in [0.2, 0.25) is 0 Å². The van der Waals surface area contributed by atoms with Gasteiger partial charge in [-0.25, -0.2) is 9.59 Å². The number of carbonyl (C=O) groups excluding carboxylic acids is 2. The summed E-state index contributed by atoms with van der Waals surface area (Å²) < 4.78 is 4.45. The molecular weight excluding hydrogens is 276 g/mol. The molecule has 1 aliphatic heterocycles. The van der Waals surface area contributed by atoms with E-state index in [9.17, 15) is 14.4 Å². The van der Waals surface area contributed by atoms with Crippen molar-refractivity contribution < 1.29 is 24.2 Å². The molecule has 7 heteroatoms. The van der Waals surface area contributed by atoms with Gasteiger partial charge in [-0.05, 0) is 29.7 Å². The Bertz CT molecular complexity index is 585. The Morgan fingerprint density at radius 3 is 2.76 bits per heavy atom. The number of carboxylic acids is 1. The lowest BCUT2D eigenvalue weighted by molar-refractivity contribution is -0.139. The van der Waals surface area contributed by atoms with Crippen LogP contribution in [0.1, 0.15) is 21.5 Å². The summed E-state index contributed by atoms with van der Waals surface area (Å²) in [5.41, 5.74) is 2.05. The second-order valence-corrected chi connectivity index (χ2v) is 4.70. The number of nitrogens with one attached hydrogen (secondary N) is 1.